The molecule has 1 saturated heterocycles. The first kappa shape index (κ1) is 22.9. The van der Waals surface area contributed by atoms with Crippen LogP contribution < -0.4 is 10.6 Å². The van der Waals surface area contributed by atoms with E-state index in [2.05, 4.69) is 36.3 Å². The maximum absolute atomic E-state index is 5.58. The van der Waals surface area contributed by atoms with E-state index in [4.69, 9.17) is 9.73 Å². The minimum atomic E-state index is 0. The molecule has 1 rings (SSSR count). The SMILES string of the molecule is CCCCOCCCNC(=NCC1CCN(CC)C1)NCC.I. The molecule has 0 aliphatic carbocycles. The topological polar surface area (TPSA) is 48.9 Å². The molecule has 0 spiro atoms. The summed E-state index contributed by atoms with van der Waals surface area (Å²) < 4.78 is 5.58. The minimum Gasteiger partial charge on any atom is -0.381 e. The van der Waals surface area contributed by atoms with E-state index in [1.807, 2.05) is 0 Å². The number of likely N-dealkylation sites (tertiary alicyclic amines) is 1. The second-order valence-electron chi connectivity index (χ2n) is 6.01. The molecule has 1 atom stereocenters. The summed E-state index contributed by atoms with van der Waals surface area (Å²) in [6, 6.07) is 0. The van der Waals surface area contributed by atoms with Gasteiger partial charge in [-0.25, -0.2) is 0 Å². The predicted molar refractivity (Wildman–Crippen MR) is 110 cm³/mol. The van der Waals surface area contributed by atoms with Crippen LogP contribution in [0.2, 0.25) is 0 Å². The van der Waals surface area contributed by atoms with Crippen molar-refractivity contribution in [2.45, 2.75) is 46.5 Å². The summed E-state index contributed by atoms with van der Waals surface area (Å²) >= 11 is 0. The summed E-state index contributed by atoms with van der Waals surface area (Å²) in [4.78, 5) is 7.25. The molecule has 0 bridgehead atoms. The van der Waals surface area contributed by atoms with Crippen molar-refractivity contribution in [3.8, 4) is 0 Å². The van der Waals surface area contributed by atoms with Gasteiger partial charge in [0.05, 0.1) is 0 Å². The maximum atomic E-state index is 5.58. The Kier molecular flexibility index (Phi) is 15.4. The van der Waals surface area contributed by atoms with E-state index < -0.39 is 0 Å². The number of hydrogen-bond donors (Lipinski definition) is 2. The number of rotatable bonds is 11. The van der Waals surface area contributed by atoms with Crippen molar-refractivity contribution in [1.82, 2.24) is 15.5 Å². The zero-order valence-electron chi connectivity index (χ0n) is 15.3. The normalized spacial score (nSPS) is 18.7. The van der Waals surface area contributed by atoms with Gasteiger partial charge < -0.3 is 20.3 Å². The summed E-state index contributed by atoms with van der Waals surface area (Å²) in [5.74, 6) is 1.67. The van der Waals surface area contributed by atoms with Crippen LogP contribution in [0.15, 0.2) is 4.99 Å². The van der Waals surface area contributed by atoms with Crippen molar-refractivity contribution in [2.75, 3.05) is 52.5 Å². The first-order valence-electron chi connectivity index (χ1n) is 9.12. The van der Waals surface area contributed by atoms with Crippen molar-refractivity contribution in [2.24, 2.45) is 10.9 Å². The summed E-state index contributed by atoms with van der Waals surface area (Å²) in [5.41, 5.74) is 0. The van der Waals surface area contributed by atoms with Crippen LogP contribution in [0.3, 0.4) is 0 Å². The van der Waals surface area contributed by atoms with Crippen LogP contribution in [0.25, 0.3) is 0 Å². The second-order valence-corrected chi connectivity index (χ2v) is 6.01. The summed E-state index contributed by atoms with van der Waals surface area (Å²) in [7, 11) is 0. The van der Waals surface area contributed by atoms with E-state index in [0.29, 0.717) is 5.92 Å². The molecule has 1 unspecified atom stereocenters. The van der Waals surface area contributed by atoms with Crippen molar-refractivity contribution in [3.63, 3.8) is 0 Å². The van der Waals surface area contributed by atoms with E-state index in [1.54, 1.807) is 0 Å². The third-order valence-corrected chi connectivity index (χ3v) is 4.07. The molecule has 138 valence electrons. The molecule has 0 radical (unpaired) electrons. The number of unbranched alkanes of at least 4 members (excludes halogenated alkanes) is 1. The number of hydrogen-bond acceptors (Lipinski definition) is 3. The van der Waals surface area contributed by atoms with Gasteiger partial charge in [0, 0.05) is 39.4 Å². The number of guanidine groups is 1. The van der Waals surface area contributed by atoms with Crippen LogP contribution in [0.4, 0.5) is 0 Å². The monoisotopic (exact) mass is 440 g/mol. The van der Waals surface area contributed by atoms with Gasteiger partial charge in [0.2, 0.25) is 0 Å². The molecule has 6 heteroatoms. The Morgan fingerprint density at radius 1 is 1.17 bits per heavy atom. The predicted octanol–water partition coefficient (Wildman–Crippen LogP) is 2.71. The zero-order valence-corrected chi connectivity index (χ0v) is 17.6. The van der Waals surface area contributed by atoms with Gasteiger partial charge in [0.1, 0.15) is 0 Å². The fraction of sp³-hybridized carbons (Fsp3) is 0.941. The molecule has 1 aliphatic rings. The Morgan fingerprint density at radius 2 is 1.96 bits per heavy atom. The van der Waals surface area contributed by atoms with E-state index >= 15 is 0 Å². The van der Waals surface area contributed by atoms with Crippen molar-refractivity contribution < 1.29 is 4.74 Å². The Morgan fingerprint density at radius 3 is 2.61 bits per heavy atom. The highest BCUT2D eigenvalue weighted by Crippen LogP contribution is 2.15. The highest BCUT2D eigenvalue weighted by Gasteiger charge is 2.20. The van der Waals surface area contributed by atoms with Crippen LogP contribution in [0.5, 0.6) is 0 Å². The molecule has 1 aliphatic heterocycles. The molecule has 0 saturated carbocycles. The third kappa shape index (κ3) is 11.2. The Bertz CT molecular complexity index is 302. The number of aliphatic imine (C=N–C) groups is 1. The van der Waals surface area contributed by atoms with Crippen LogP contribution in [-0.2, 0) is 4.74 Å². The third-order valence-electron chi connectivity index (χ3n) is 4.07. The van der Waals surface area contributed by atoms with E-state index in [9.17, 15) is 0 Å². The fourth-order valence-electron chi connectivity index (χ4n) is 2.64. The second kappa shape index (κ2) is 15.4. The Hall–Kier alpha value is -0.0800. The lowest BCUT2D eigenvalue weighted by Gasteiger charge is -2.14. The van der Waals surface area contributed by atoms with Crippen LogP contribution in [-0.4, -0.2) is 63.3 Å². The molecular weight excluding hydrogens is 403 g/mol. The molecule has 1 heterocycles. The molecule has 5 nitrogen and oxygen atoms in total. The number of nitrogens with zero attached hydrogens (tertiary/aromatic N) is 2. The molecule has 2 N–H and O–H groups in total. The van der Waals surface area contributed by atoms with E-state index in [0.717, 1.165) is 58.2 Å². The number of halogens is 1. The first-order valence-corrected chi connectivity index (χ1v) is 9.12. The summed E-state index contributed by atoms with van der Waals surface area (Å²) in [6.07, 6.45) is 4.67. The van der Waals surface area contributed by atoms with Gasteiger partial charge in [0.15, 0.2) is 5.96 Å². The average Bonchev–Trinajstić information content (AvgIpc) is 2.99. The van der Waals surface area contributed by atoms with Gasteiger partial charge >= 0.3 is 0 Å². The molecule has 0 aromatic heterocycles. The highest BCUT2D eigenvalue weighted by molar-refractivity contribution is 14.0. The smallest absolute Gasteiger partial charge is 0.191 e. The molecule has 0 aromatic rings. The summed E-state index contributed by atoms with van der Waals surface area (Å²) in [5, 5.41) is 6.73. The minimum absolute atomic E-state index is 0. The lowest BCUT2D eigenvalue weighted by atomic mass is 10.1. The summed E-state index contributed by atoms with van der Waals surface area (Å²) in [6.45, 7) is 14.6. The number of ether oxygens (including phenoxy) is 1. The van der Waals surface area contributed by atoms with Crippen molar-refractivity contribution in [3.05, 3.63) is 0 Å². The van der Waals surface area contributed by atoms with E-state index in [1.165, 1.54) is 25.9 Å². The molecule has 23 heavy (non-hydrogen) atoms. The fourth-order valence-corrected chi connectivity index (χ4v) is 2.64. The van der Waals surface area contributed by atoms with E-state index in [-0.39, 0.29) is 24.0 Å². The number of nitrogens with one attached hydrogen (secondary N) is 2. The Balaban J connectivity index is 0.00000484. The first-order chi connectivity index (χ1) is 10.8. The lowest BCUT2D eigenvalue weighted by molar-refractivity contribution is 0.129. The van der Waals surface area contributed by atoms with Gasteiger partial charge in [-0.05, 0) is 45.2 Å². The lowest BCUT2D eigenvalue weighted by Crippen LogP contribution is -2.38. The molecular formula is C17H37IN4O. The van der Waals surface area contributed by atoms with Gasteiger partial charge in [-0.2, -0.15) is 0 Å². The van der Waals surface area contributed by atoms with Crippen molar-refractivity contribution >= 4 is 29.9 Å². The van der Waals surface area contributed by atoms with Gasteiger partial charge in [-0.3, -0.25) is 4.99 Å². The standard InChI is InChI=1S/C17H36N4O.HI/c1-4-7-12-22-13-8-10-19-17(18-5-2)20-14-16-9-11-21(6-3)15-16;/h16H,4-15H2,1-3H3,(H2,18,19,20);1H. The van der Waals surface area contributed by atoms with Crippen LogP contribution in [0.1, 0.15) is 46.5 Å². The Labute approximate surface area is 160 Å². The van der Waals surface area contributed by atoms with Crippen molar-refractivity contribution in [1.29, 1.82) is 0 Å². The maximum Gasteiger partial charge on any atom is 0.191 e. The quantitative estimate of drug-likeness (QED) is 0.225. The van der Waals surface area contributed by atoms with Gasteiger partial charge in [-0.15, -0.1) is 24.0 Å². The highest BCUT2D eigenvalue weighted by atomic mass is 127. The molecule has 0 amide bonds. The molecule has 0 aromatic carbocycles. The molecule has 1 fully saturated rings. The van der Waals surface area contributed by atoms with Crippen LogP contribution >= 0.6 is 24.0 Å². The zero-order chi connectivity index (χ0) is 16.0. The van der Waals surface area contributed by atoms with Gasteiger partial charge in [-0.1, -0.05) is 20.3 Å². The average molecular weight is 440 g/mol. The van der Waals surface area contributed by atoms with Gasteiger partial charge in [0.25, 0.3) is 0 Å². The van der Waals surface area contributed by atoms with Crippen LogP contribution in [0, 0.1) is 5.92 Å². The largest absolute Gasteiger partial charge is 0.381 e.